The van der Waals surface area contributed by atoms with Crippen molar-refractivity contribution in [2.24, 2.45) is 18.9 Å². The number of nitrogens with zero attached hydrogens (tertiary/aromatic N) is 5. The van der Waals surface area contributed by atoms with Crippen LogP contribution in [0.1, 0.15) is 37.1 Å². The molecule has 3 aliphatic rings. The van der Waals surface area contributed by atoms with Crippen molar-refractivity contribution in [2.45, 2.75) is 50.7 Å². The van der Waals surface area contributed by atoms with Crippen LogP contribution >= 0.6 is 0 Å². The molecule has 0 spiro atoms. The minimum absolute atomic E-state index is 0.146. The van der Waals surface area contributed by atoms with Crippen LogP contribution in [0.4, 0.5) is 4.39 Å². The molecule has 1 aromatic carbocycles. The molecule has 0 radical (unpaired) electrons. The van der Waals surface area contributed by atoms with Crippen LogP contribution in [0.25, 0.3) is 0 Å². The van der Waals surface area contributed by atoms with Gasteiger partial charge in [-0.3, -0.25) is 9.69 Å². The molecule has 154 valence electrons. The average Bonchev–Trinajstić information content (AvgIpc) is 3.10. The first-order valence-electron chi connectivity index (χ1n) is 10.7. The number of amides is 1. The van der Waals surface area contributed by atoms with Crippen molar-refractivity contribution in [3.05, 3.63) is 47.8 Å². The number of hydrogen-bond donors (Lipinski definition) is 0. The van der Waals surface area contributed by atoms with E-state index in [1.54, 1.807) is 18.5 Å². The Bertz CT molecular complexity index is 899. The highest BCUT2D eigenvalue weighted by Gasteiger charge is 2.49. The Morgan fingerprint density at radius 2 is 2.10 bits per heavy atom. The van der Waals surface area contributed by atoms with Crippen LogP contribution in [-0.4, -0.2) is 55.6 Å². The molecule has 4 heterocycles. The van der Waals surface area contributed by atoms with Crippen molar-refractivity contribution in [2.75, 3.05) is 13.1 Å². The summed E-state index contributed by atoms with van der Waals surface area (Å²) in [5.74, 6) is 1.98. The summed E-state index contributed by atoms with van der Waals surface area (Å²) in [4.78, 5) is 17.6. The van der Waals surface area contributed by atoms with Crippen molar-refractivity contribution in [1.82, 2.24) is 24.6 Å². The quantitative estimate of drug-likeness (QED) is 0.795. The maximum absolute atomic E-state index is 13.8. The molecule has 2 bridgehead atoms. The minimum Gasteiger partial charge on any atom is -0.336 e. The molecule has 3 fully saturated rings. The molecule has 0 N–H and O–H groups in total. The fourth-order valence-corrected chi connectivity index (χ4v) is 5.82. The second-order valence-electron chi connectivity index (χ2n) is 8.97. The molecule has 7 heteroatoms. The molecule has 3 saturated heterocycles. The van der Waals surface area contributed by atoms with Crippen LogP contribution in [0.5, 0.6) is 0 Å². The molecule has 2 aromatic rings. The Morgan fingerprint density at radius 3 is 2.90 bits per heavy atom. The van der Waals surface area contributed by atoms with Crippen molar-refractivity contribution in [1.29, 1.82) is 0 Å². The number of aryl methyl sites for hydroxylation is 1. The molecular formula is C22H28FN5O. The van der Waals surface area contributed by atoms with Gasteiger partial charge < -0.3 is 9.47 Å². The zero-order valence-electron chi connectivity index (χ0n) is 16.9. The maximum atomic E-state index is 13.8. The number of carbonyl (C=O) groups excluding carboxylic acids is 1. The van der Waals surface area contributed by atoms with E-state index in [1.807, 2.05) is 17.7 Å². The summed E-state index contributed by atoms with van der Waals surface area (Å²) in [6, 6.07) is 7.32. The average molecular weight is 397 g/mol. The lowest BCUT2D eigenvalue weighted by molar-refractivity contribution is -0.152. The summed E-state index contributed by atoms with van der Waals surface area (Å²) in [5, 5.41) is 8.27. The predicted molar refractivity (Wildman–Crippen MR) is 106 cm³/mol. The van der Waals surface area contributed by atoms with E-state index >= 15 is 0 Å². The lowest BCUT2D eigenvalue weighted by atomic mass is 9.71. The first kappa shape index (κ1) is 18.7. The number of piperidine rings is 3. The zero-order chi connectivity index (χ0) is 20.0. The van der Waals surface area contributed by atoms with Gasteiger partial charge >= 0.3 is 0 Å². The molecule has 0 saturated carbocycles. The number of likely N-dealkylation sites (tertiary alicyclic amines) is 1. The highest BCUT2D eigenvalue weighted by atomic mass is 19.1. The molecule has 3 aliphatic heterocycles. The van der Waals surface area contributed by atoms with Crippen LogP contribution in [0.15, 0.2) is 30.6 Å². The standard InChI is InChI=1S/C22H28FN5O/c1-26-14-24-25-21(26)13-27-11-16-10-17(12-27)20(9-15-4-2-5-18(23)8-15)28-19(16)6-3-7-22(28)29/h2,4-5,8,14,16-17,19-20H,3,6-7,9-13H2,1H3/t16-,17+,19+,20+/m1/s1. The maximum Gasteiger partial charge on any atom is 0.223 e. The van der Waals surface area contributed by atoms with Crippen LogP contribution in [0.2, 0.25) is 0 Å². The smallest absolute Gasteiger partial charge is 0.223 e. The van der Waals surface area contributed by atoms with Gasteiger partial charge in [-0.25, -0.2) is 4.39 Å². The third-order valence-corrected chi connectivity index (χ3v) is 7.08. The SMILES string of the molecule is Cn1cnnc1CN1C[C@H]2C[C@@H](C1)[C@H](Cc1cccc(F)c1)N1C(=O)CCC[C@@H]21. The number of hydrogen-bond acceptors (Lipinski definition) is 4. The van der Waals surface area contributed by atoms with Gasteiger partial charge in [0.05, 0.1) is 6.54 Å². The summed E-state index contributed by atoms with van der Waals surface area (Å²) >= 11 is 0. The van der Waals surface area contributed by atoms with Crippen LogP contribution in [0.3, 0.4) is 0 Å². The van der Waals surface area contributed by atoms with Gasteiger partial charge in [0.1, 0.15) is 18.0 Å². The summed E-state index contributed by atoms with van der Waals surface area (Å²) in [7, 11) is 1.98. The third kappa shape index (κ3) is 3.56. The molecular weight excluding hydrogens is 369 g/mol. The Morgan fingerprint density at radius 1 is 1.24 bits per heavy atom. The summed E-state index contributed by atoms with van der Waals surface area (Å²) < 4.78 is 15.8. The van der Waals surface area contributed by atoms with E-state index in [1.165, 1.54) is 6.07 Å². The molecule has 29 heavy (non-hydrogen) atoms. The van der Waals surface area contributed by atoms with Crippen LogP contribution in [-0.2, 0) is 24.8 Å². The Hall–Kier alpha value is -2.28. The number of halogens is 1. The molecule has 0 unspecified atom stereocenters. The normalized spacial score (nSPS) is 29.7. The van der Waals surface area contributed by atoms with Gasteiger partial charge in [0.15, 0.2) is 0 Å². The summed E-state index contributed by atoms with van der Waals surface area (Å²) in [6.07, 6.45) is 6.35. The zero-order valence-corrected chi connectivity index (χ0v) is 16.9. The van der Waals surface area contributed by atoms with Crippen LogP contribution in [0, 0.1) is 17.7 Å². The van der Waals surface area contributed by atoms with E-state index in [9.17, 15) is 9.18 Å². The third-order valence-electron chi connectivity index (χ3n) is 7.08. The first-order chi connectivity index (χ1) is 14.1. The second-order valence-corrected chi connectivity index (χ2v) is 8.97. The fraction of sp³-hybridized carbons (Fsp3) is 0.591. The molecule has 0 aliphatic carbocycles. The van der Waals surface area contributed by atoms with E-state index in [2.05, 4.69) is 20.0 Å². The van der Waals surface area contributed by atoms with Gasteiger partial charge in [-0.15, -0.1) is 10.2 Å². The topological polar surface area (TPSA) is 54.3 Å². The Balaban J connectivity index is 1.42. The monoisotopic (exact) mass is 397 g/mol. The van der Waals surface area contributed by atoms with E-state index in [-0.39, 0.29) is 11.9 Å². The van der Waals surface area contributed by atoms with Gasteiger partial charge in [0.2, 0.25) is 5.91 Å². The van der Waals surface area contributed by atoms with Crippen molar-refractivity contribution in [3.63, 3.8) is 0 Å². The Kier molecular flexibility index (Phi) is 4.86. The number of carbonyl (C=O) groups is 1. The highest BCUT2D eigenvalue weighted by molar-refractivity contribution is 5.78. The van der Waals surface area contributed by atoms with E-state index < -0.39 is 0 Å². The molecule has 1 aromatic heterocycles. The lowest BCUT2D eigenvalue weighted by Crippen LogP contribution is -2.65. The van der Waals surface area contributed by atoms with E-state index in [0.717, 1.165) is 56.7 Å². The van der Waals surface area contributed by atoms with E-state index in [0.29, 0.717) is 30.2 Å². The van der Waals surface area contributed by atoms with Gasteiger partial charge in [0, 0.05) is 38.6 Å². The molecule has 1 amide bonds. The number of rotatable bonds is 4. The lowest BCUT2D eigenvalue weighted by Gasteiger charge is -2.56. The largest absolute Gasteiger partial charge is 0.336 e. The highest BCUT2D eigenvalue weighted by Crippen LogP contribution is 2.42. The van der Waals surface area contributed by atoms with Crippen molar-refractivity contribution < 1.29 is 9.18 Å². The Labute approximate surface area is 170 Å². The number of benzene rings is 1. The van der Waals surface area contributed by atoms with Gasteiger partial charge in [-0.1, -0.05) is 12.1 Å². The van der Waals surface area contributed by atoms with Gasteiger partial charge in [-0.05, 0) is 55.2 Å². The second kappa shape index (κ2) is 7.52. The number of aromatic nitrogens is 3. The molecule has 5 rings (SSSR count). The van der Waals surface area contributed by atoms with E-state index in [4.69, 9.17) is 0 Å². The first-order valence-corrected chi connectivity index (χ1v) is 10.7. The van der Waals surface area contributed by atoms with Crippen molar-refractivity contribution in [3.8, 4) is 0 Å². The summed E-state index contributed by atoms with van der Waals surface area (Å²) in [5.41, 5.74) is 0.982. The van der Waals surface area contributed by atoms with Gasteiger partial charge in [-0.2, -0.15) is 0 Å². The molecule has 4 atom stereocenters. The number of fused-ring (bicyclic) bond motifs is 4. The fourth-order valence-electron chi connectivity index (χ4n) is 5.82. The molecule has 6 nitrogen and oxygen atoms in total. The minimum atomic E-state index is -0.203. The predicted octanol–water partition coefficient (Wildman–Crippen LogP) is 2.40. The summed E-state index contributed by atoms with van der Waals surface area (Å²) in [6.45, 7) is 2.74. The van der Waals surface area contributed by atoms with Gasteiger partial charge in [0.25, 0.3) is 0 Å². The van der Waals surface area contributed by atoms with Crippen molar-refractivity contribution >= 4 is 5.91 Å². The van der Waals surface area contributed by atoms with Crippen LogP contribution < -0.4 is 0 Å².